The van der Waals surface area contributed by atoms with Crippen molar-refractivity contribution in [1.29, 1.82) is 0 Å². The number of hydrogen-bond donors (Lipinski definition) is 0. The molecule has 0 saturated carbocycles. The summed E-state index contributed by atoms with van der Waals surface area (Å²) < 4.78 is 0. The normalized spacial score (nSPS) is 17.4. The number of aryl methyl sites for hydroxylation is 1. The highest BCUT2D eigenvalue weighted by Crippen LogP contribution is 2.31. The average molecular weight is 300 g/mol. The van der Waals surface area contributed by atoms with Crippen molar-refractivity contribution in [1.82, 2.24) is 0 Å². The Bertz CT molecular complexity index is 651. The Kier molecular flexibility index (Phi) is 3.98. The van der Waals surface area contributed by atoms with E-state index in [0.717, 1.165) is 24.1 Å². The second kappa shape index (κ2) is 5.90. The molecule has 0 aliphatic carbocycles. The van der Waals surface area contributed by atoms with Gasteiger partial charge in [0.2, 0.25) is 5.91 Å². The zero-order valence-corrected chi connectivity index (χ0v) is 12.8. The number of benzene rings is 2. The Balaban J connectivity index is 1.85. The van der Waals surface area contributed by atoms with Gasteiger partial charge in [0.25, 0.3) is 0 Å². The summed E-state index contributed by atoms with van der Waals surface area (Å²) in [7, 11) is 0. The molecule has 1 amide bonds. The molecule has 0 aromatic heterocycles. The highest BCUT2D eigenvalue weighted by atomic mass is 35.5. The summed E-state index contributed by atoms with van der Waals surface area (Å²) >= 11 is 5.89. The van der Waals surface area contributed by atoms with E-state index in [1.807, 2.05) is 47.4 Å². The topological polar surface area (TPSA) is 20.3 Å². The van der Waals surface area contributed by atoms with Gasteiger partial charge in [0.15, 0.2) is 0 Å². The molecule has 0 bridgehead atoms. The molecule has 0 radical (unpaired) electrons. The first-order chi connectivity index (χ1) is 10.1. The maximum absolute atomic E-state index is 12.7. The first-order valence-corrected chi connectivity index (χ1v) is 7.67. The summed E-state index contributed by atoms with van der Waals surface area (Å²) in [5.41, 5.74) is 3.33. The smallest absolute Gasteiger partial charge is 0.231 e. The summed E-state index contributed by atoms with van der Waals surface area (Å²) in [5.74, 6) is 0.150. The number of fused-ring (bicyclic) bond motifs is 1. The molecule has 3 heteroatoms. The lowest BCUT2D eigenvalue weighted by Crippen LogP contribution is -2.42. The Morgan fingerprint density at radius 2 is 1.90 bits per heavy atom. The molecule has 0 N–H and O–H groups in total. The van der Waals surface area contributed by atoms with Crippen molar-refractivity contribution in [2.45, 2.75) is 32.2 Å². The standard InChI is InChI=1S/C18H18ClNO/c1-13-6-9-15-4-2-3-5-17(15)20(13)18(21)12-14-7-10-16(19)11-8-14/h2-5,7-8,10-11,13H,6,9,12H2,1H3. The summed E-state index contributed by atoms with van der Waals surface area (Å²) in [4.78, 5) is 14.7. The van der Waals surface area contributed by atoms with Crippen molar-refractivity contribution in [3.05, 3.63) is 64.7 Å². The quantitative estimate of drug-likeness (QED) is 0.812. The van der Waals surface area contributed by atoms with E-state index in [-0.39, 0.29) is 11.9 Å². The monoisotopic (exact) mass is 299 g/mol. The predicted octanol–water partition coefficient (Wildman–Crippen LogP) is 4.25. The first kappa shape index (κ1) is 14.2. The zero-order valence-electron chi connectivity index (χ0n) is 12.1. The summed E-state index contributed by atoms with van der Waals surface area (Å²) in [6.45, 7) is 2.12. The second-order valence-corrected chi connectivity index (χ2v) is 6.02. The van der Waals surface area contributed by atoms with Crippen LogP contribution in [0.25, 0.3) is 0 Å². The number of carbonyl (C=O) groups is 1. The predicted molar refractivity (Wildman–Crippen MR) is 86.9 cm³/mol. The van der Waals surface area contributed by atoms with Crippen LogP contribution in [-0.2, 0) is 17.6 Å². The first-order valence-electron chi connectivity index (χ1n) is 7.29. The van der Waals surface area contributed by atoms with E-state index in [4.69, 9.17) is 11.6 Å². The number of nitrogens with zero attached hydrogens (tertiary/aromatic N) is 1. The van der Waals surface area contributed by atoms with Crippen LogP contribution in [0.5, 0.6) is 0 Å². The summed E-state index contributed by atoms with van der Waals surface area (Å²) in [6.07, 6.45) is 2.47. The highest BCUT2D eigenvalue weighted by Gasteiger charge is 2.27. The van der Waals surface area contributed by atoms with Gasteiger partial charge >= 0.3 is 0 Å². The Morgan fingerprint density at radius 1 is 1.19 bits per heavy atom. The van der Waals surface area contributed by atoms with E-state index in [1.54, 1.807) is 0 Å². The number of rotatable bonds is 2. The Labute approximate surface area is 130 Å². The molecule has 1 aliphatic rings. The van der Waals surface area contributed by atoms with Gasteiger partial charge in [0.1, 0.15) is 0 Å². The van der Waals surface area contributed by atoms with E-state index in [2.05, 4.69) is 13.0 Å². The molecule has 3 rings (SSSR count). The summed E-state index contributed by atoms with van der Waals surface area (Å²) in [6, 6.07) is 15.9. The van der Waals surface area contributed by atoms with Crippen LogP contribution in [0.4, 0.5) is 5.69 Å². The molecule has 0 fully saturated rings. The van der Waals surface area contributed by atoms with Crippen molar-refractivity contribution in [2.75, 3.05) is 4.90 Å². The van der Waals surface area contributed by atoms with Crippen LogP contribution in [0.1, 0.15) is 24.5 Å². The fourth-order valence-electron chi connectivity index (χ4n) is 2.93. The number of amides is 1. The molecule has 2 aromatic rings. The molecule has 0 spiro atoms. The lowest BCUT2D eigenvalue weighted by Gasteiger charge is -2.35. The number of para-hydroxylation sites is 1. The van der Waals surface area contributed by atoms with Gasteiger partial charge in [0, 0.05) is 16.8 Å². The van der Waals surface area contributed by atoms with Crippen LogP contribution in [0.2, 0.25) is 5.02 Å². The number of anilines is 1. The van der Waals surface area contributed by atoms with Crippen LogP contribution in [0.3, 0.4) is 0 Å². The van der Waals surface area contributed by atoms with Crippen molar-refractivity contribution >= 4 is 23.2 Å². The van der Waals surface area contributed by atoms with Gasteiger partial charge in [-0.05, 0) is 49.1 Å². The third-order valence-corrected chi connectivity index (χ3v) is 4.31. The Hall–Kier alpha value is -1.80. The van der Waals surface area contributed by atoms with Gasteiger partial charge < -0.3 is 4.90 Å². The minimum Gasteiger partial charge on any atom is -0.309 e. The second-order valence-electron chi connectivity index (χ2n) is 5.58. The molecule has 21 heavy (non-hydrogen) atoms. The molecular formula is C18H18ClNO. The molecular weight excluding hydrogens is 282 g/mol. The van der Waals surface area contributed by atoms with E-state index in [0.29, 0.717) is 11.4 Å². The SMILES string of the molecule is CC1CCc2ccccc2N1C(=O)Cc1ccc(Cl)cc1. The van der Waals surface area contributed by atoms with Gasteiger partial charge in [-0.2, -0.15) is 0 Å². The molecule has 108 valence electrons. The molecule has 1 heterocycles. The van der Waals surface area contributed by atoms with Crippen LogP contribution in [0.15, 0.2) is 48.5 Å². The lowest BCUT2D eigenvalue weighted by molar-refractivity contribution is -0.118. The molecule has 2 aromatic carbocycles. The Morgan fingerprint density at radius 3 is 2.67 bits per heavy atom. The van der Waals surface area contributed by atoms with Gasteiger partial charge in [-0.3, -0.25) is 4.79 Å². The van der Waals surface area contributed by atoms with E-state index < -0.39 is 0 Å². The minimum atomic E-state index is 0.150. The third-order valence-electron chi connectivity index (χ3n) is 4.06. The maximum atomic E-state index is 12.7. The van der Waals surface area contributed by atoms with Gasteiger partial charge in [-0.25, -0.2) is 0 Å². The van der Waals surface area contributed by atoms with Gasteiger partial charge in [-0.1, -0.05) is 41.9 Å². The number of carbonyl (C=O) groups excluding carboxylic acids is 1. The van der Waals surface area contributed by atoms with Crippen LogP contribution < -0.4 is 4.90 Å². The van der Waals surface area contributed by atoms with Crippen molar-refractivity contribution < 1.29 is 4.79 Å². The van der Waals surface area contributed by atoms with Crippen LogP contribution >= 0.6 is 11.6 Å². The maximum Gasteiger partial charge on any atom is 0.231 e. The van der Waals surface area contributed by atoms with Crippen LogP contribution in [-0.4, -0.2) is 11.9 Å². The van der Waals surface area contributed by atoms with E-state index in [1.165, 1.54) is 5.56 Å². The zero-order chi connectivity index (χ0) is 14.8. The molecule has 1 unspecified atom stereocenters. The van der Waals surface area contributed by atoms with Crippen LogP contribution in [0, 0.1) is 0 Å². The lowest BCUT2D eigenvalue weighted by atomic mass is 9.96. The molecule has 0 saturated heterocycles. The van der Waals surface area contributed by atoms with Crippen molar-refractivity contribution in [3.63, 3.8) is 0 Å². The number of halogens is 1. The van der Waals surface area contributed by atoms with E-state index >= 15 is 0 Å². The highest BCUT2D eigenvalue weighted by molar-refractivity contribution is 6.30. The minimum absolute atomic E-state index is 0.150. The van der Waals surface area contributed by atoms with E-state index in [9.17, 15) is 4.79 Å². The van der Waals surface area contributed by atoms with Crippen molar-refractivity contribution in [2.24, 2.45) is 0 Å². The molecule has 1 aliphatic heterocycles. The third kappa shape index (κ3) is 2.96. The van der Waals surface area contributed by atoms with Crippen molar-refractivity contribution in [3.8, 4) is 0 Å². The average Bonchev–Trinajstić information content (AvgIpc) is 2.49. The molecule has 2 nitrogen and oxygen atoms in total. The van der Waals surface area contributed by atoms with Gasteiger partial charge in [-0.15, -0.1) is 0 Å². The largest absolute Gasteiger partial charge is 0.309 e. The fourth-order valence-corrected chi connectivity index (χ4v) is 3.06. The summed E-state index contributed by atoms with van der Waals surface area (Å²) in [5, 5.41) is 0.697. The fraction of sp³-hybridized carbons (Fsp3) is 0.278. The molecule has 1 atom stereocenters. The van der Waals surface area contributed by atoms with Gasteiger partial charge in [0.05, 0.1) is 6.42 Å². The number of hydrogen-bond acceptors (Lipinski definition) is 1.